The lowest BCUT2D eigenvalue weighted by molar-refractivity contribution is -0.145. The van der Waals surface area contributed by atoms with Crippen LogP contribution in [0.4, 0.5) is 0 Å². The molecule has 4 atom stereocenters. The number of benzene rings is 2. The van der Waals surface area contributed by atoms with Gasteiger partial charge in [-0.15, -0.1) is 0 Å². The molecular weight excluding hydrogens is 654 g/mol. The Labute approximate surface area is 294 Å². The fourth-order valence-electron chi connectivity index (χ4n) is 6.31. The van der Waals surface area contributed by atoms with E-state index in [0.29, 0.717) is 12.1 Å². The number of fused-ring (bicyclic) bond motifs is 2. The Kier molecular flexibility index (Phi) is 11.7. The molecule has 11 N–H and O–H groups in total. The fourth-order valence-corrected chi connectivity index (χ4v) is 6.31. The zero-order chi connectivity index (χ0) is 36.5. The lowest BCUT2D eigenvalue weighted by Crippen LogP contribution is -2.60. The number of guanidine groups is 1. The number of nitrogens with one attached hydrogen (secondary N) is 5. The maximum atomic E-state index is 14.2. The van der Waals surface area contributed by atoms with Crippen LogP contribution >= 0.6 is 0 Å². The normalized spacial score (nSPS) is 15.5. The van der Waals surface area contributed by atoms with Gasteiger partial charge in [-0.2, -0.15) is 0 Å². The molecule has 51 heavy (non-hydrogen) atoms. The zero-order valence-corrected chi connectivity index (χ0v) is 28.2. The number of hydrogen-bond acceptors (Lipinski definition) is 7. The van der Waals surface area contributed by atoms with Crippen LogP contribution in [0.25, 0.3) is 10.9 Å². The number of imidazole rings is 1. The van der Waals surface area contributed by atoms with Crippen molar-refractivity contribution in [3.63, 3.8) is 0 Å². The summed E-state index contributed by atoms with van der Waals surface area (Å²) in [4.78, 5) is 82.5. The van der Waals surface area contributed by atoms with E-state index in [2.05, 4.69) is 35.9 Å². The van der Waals surface area contributed by atoms with E-state index in [1.807, 2.05) is 48.5 Å². The number of nitrogens with zero attached hydrogens (tertiary/aromatic N) is 3. The summed E-state index contributed by atoms with van der Waals surface area (Å²) in [6.45, 7) is 1.60. The van der Waals surface area contributed by atoms with Crippen molar-refractivity contribution in [2.24, 2.45) is 22.2 Å². The van der Waals surface area contributed by atoms with Gasteiger partial charge < -0.3 is 48.0 Å². The van der Waals surface area contributed by atoms with Gasteiger partial charge in [0.15, 0.2) is 5.96 Å². The van der Waals surface area contributed by atoms with Gasteiger partial charge in [0.2, 0.25) is 29.5 Å². The van der Waals surface area contributed by atoms with Gasteiger partial charge in [-0.25, -0.2) is 4.98 Å². The van der Waals surface area contributed by atoms with E-state index in [0.717, 1.165) is 27.6 Å². The van der Waals surface area contributed by atoms with Crippen LogP contribution in [0, 0.1) is 0 Å². The summed E-state index contributed by atoms with van der Waals surface area (Å²) < 4.78 is 0. The average Bonchev–Trinajstić information content (AvgIpc) is 3.77. The molecule has 16 nitrogen and oxygen atoms in total. The molecule has 5 amide bonds. The summed E-state index contributed by atoms with van der Waals surface area (Å²) in [5, 5.41) is 9.15. The van der Waals surface area contributed by atoms with E-state index in [1.165, 1.54) is 18.2 Å². The first kappa shape index (κ1) is 36.1. The molecule has 0 spiro atoms. The fraction of sp³-hybridized carbons (Fsp3) is 0.343. The number of carbonyl (C=O) groups is 5. The topological polar surface area (TPSA) is 260 Å². The Morgan fingerprint density at radius 1 is 0.922 bits per heavy atom. The molecule has 16 heteroatoms. The zero-order valence-electron chi connectivity index (χ0n) is 28.2. The SMILES string of the molecule is CC(=O)N[C@@H](Cc1cnc[nH]1)C(=O)N1Cc2ccccc2CC1C(=O)N[C@@H](CCCN=C(N)N)C(=O)N[C@@H](Cc1c[nH]c2ccccc12)C(N)=O. The van der Waals surface area contributed by atoms with Crippen LogP contribution in [-0.2, 0) is 49.8 Å². The highest BCUT2D eigenvalue weighted by atomic mass is 16.2. The van der Waals surface area contributed by atoms with Gasteiger partial charge in [-0.05, 0) is 35.6 Å². The van der Waals surface area contributed by atoms with E-state index < -0.39 is 53.7 Å². The quantitative estimate of drug-likeness (QED) is 0.0461. The standard InChI is InChI=1S/C35H43N11O5/c1-20(47)43-29(15-24-17-39-19-42-24)34(51)46-18-22-8-3-2-7-21(22)14-30(46)33(50)44-27(11-6-12-40-35(37)38)32(49)45-28(31(36)48)13-23-16-41-26-10-5-4-9-25(23)26/h2-5,7-10,16-17,19,27-30,41H,6,11-15,18H2,1H3,(H2,36,48)(H,39,42)(H,43,47)(H,44,50)(H,45,49)(H4,37,38,40)/t27-,28-,29-,30?/m0/s1. The van der Waals surface area contributed by atoms with Gasteiger partial charge >= 0.3 is 0 Å². The predicted molar refractivity (Wildman–Crippen MR) is 189 cm³/mol. The molecule has 0 bridgehead atoms. The van der Waals surface area contributed by atoms with Gasteiger partial charge in [0, 0.05) is 68.3 Å². The van der Waals surface area contributed by atoms with Crippen molar-refractivity contribution in [3.05, 3.63) is 89.6 Å². The number of amides is 5. The van der Waals surface area contributed by atoms with Crippen LogP contribution < -0.4 is 33.2 Å². The molecule has 268 valence electrons. The van der Waals surface area contributed by atoms with Crippen LogP contribution in [0.2, 0.25) is 0 Å². The second-order valence-electron chi connectivity index (χ2n) is 12.5. The molecular formula is C35H43N11O5. The molecule has 0 fully saturated rings. The minimum absolute atomic E-state index is 0.0991. The van der Waals surface area contributed by atoms with Crippen molar-refractivity contribution >= 4 is 46.4 Å². The molecule has 4 aromatic rings. The van der Waals surface area contributed by atoms with Crippen molar-refractivity contribution in [1.29, 1.82) is 0 Å². The Morgan fingerprint density at radius 3 is 2.37 bits per heavy atom. The van der Waals surface area contributed by atoms with Crippen LogP contribution in [0.5, 0.6) is 0 Å². The second-order valence-corrected chi connectivity index (χ2v) is 12.5. The Balaban J connectivity index is 1.39. The molecule has 3 heterocycles. The number of hydrogen-bond donors (Lipinski definition) is 8. The highest BCUT2D eigenvalue weighted by Gasteiger charge is 2.39. The number of carbonyl (C=O) groups excluding carboxylic acids is 5. The first-order valence-electron chi connectivity index (χ1n) is 16.6. The van der Waals surface area contributed by atoms with Gasteiger partial charge in [-0.3, -0.25) is 29.0 Å². The molecule has 1 unspecified atom stereocenters. The number of primary amides is 1. The first-order chi connectivity index (χ1) is 24.5. The average molecular weight is 698 g/mol. The van der Waals surface area contributed by atoms with Gasteiger partial charge in [-0.1, -0.05) is 42.5 Å². The summed E-state index contributed by atoms with van der Waals surface area (Å²) in [5.41, 5.74) is 20.7. The molecule has 1 aliphatic rings. The number of H-pyrrole nitrogens is 2. The third-order valence-corrected chi connectivity index (χ3v) is 8.83. The maximum Gasteiger partial charge on any atom is 0.246 e. The largest absolute Gasteiger partial charge is 0.370 e. The highest BCUT2D eigenvalue weighted by Crippen LogP contribution is 2.25. The van der Waals surface area contributed by atoms with Crippen molar-refractivity contribution in [3.8, 4) is 0 Å². The lowest BCUT2D eigenvalue weighted by atomic mass is 9.92. The highest BCUT2D eigenvalue weighted by molar-refractivity contribution is 5.96. The maximum absolute atomic E-state index is 14.2. The monoisotopic (exact) mass is 697 g/mol. The van der Waals surface area contributed by atoms with E-state index in [4.69, 9.17) is 17.2 Å². The van der Waals surface area contributed by atoms with E-state index >= 15 is 0 Å². The Bertz CT molecular complexity index is 1900. The number of aromatic nitrogens is 3. The van der Waals surface area contributed by atoms with Crippen molar-refractivity contribution < 1.29 is 24.0 Å². The third-order valence-electron chi connectivity index (χ3n) is 8.83. The smallest absolute Gasteiger partial charge is 0.246 e. The minimum Gasteiger partial charge on any atom is -0.370 e. The molecule has 0 saturated heterocycles. The summed E-state index contributed by atoms with van der Waals surface area (Å²) in [5.74, 6) is -2.99. The van der Waals surface area contributed by atoms with Gasteiger partial charge in [0.05, 0.1) is 6.33 Å². The summed E-state index contributed by atoms with van der Waals surface area (Å²) in [6, 6.07) is 10.7. The van der Waals surface area contributed by atoms with E-state index in [-0.39, 0.29) is 44.7 Å². The number of rotatable bonds is 15. The summed E-state index contributed by atoms with van der Waals surface area (Å²) >= 11 is 0. The van der Waals surface area contributed by atoms with Gasteiger partial charge in [0.25, 0.3) is 0 Å². The molecule has 1 aliphatic heterocycles. The molecule has 0 saturated carbocycles. The number of para-hydroxylation sites is 1. The predicted octanol–water partition coefficient (Wildman–Crippen LogP) is -0.357. The summed E-state index contributed by atoms with van der Waals surface area (Å²) in [6.07, 6.45) is 5.60. The van der Waals surface area contributed by atoms with E-state index in [1.54, 1.807) is 12.4 Å². The van der Waals surface area contributed by atoms with Crippen LogP contribution in [0.1, 0.15) is 42.1 Å². The summed E-state index contributed by atoms with van der Waals surface area (Å²) in [7, 11) is 0. The van der Waals surface area contributed by atoms with Crippen LogP contribution in [-0.4, -0.2) is 86.1 Å². The lowest BCUT2D eigenvalue weighted by Gasteiger charge is -2.38. The number of aliphatic imine (C=N–C) groups is 1. The molecule has 0 radical (unpaired) electrons. The van der Waals surface area contributed by atoms with E-state index in [9.17, 15) is 24.0 Å². The second kappa shape index (κ2) is 16.5. The van der Waals surface area contributed by atoms with Crippen molar-refractivity contribution in [2.45, 2.75) is 69.7 Å². The minimum atomic E-state index is -1.14. The first-order valence-corrected chi connectivity index (χ1v) is 16.6. The van der Waals surface area contributed by atoms with Crippen LogP contribution in [0.15, 0.2) is 72.2 Å². The number of nitrogens with two attached hydrogens (primary N) is 3. The van der Waals surface area contributed by atoms with Gasteiger partial charge in [0.1, 0.15) is 24.2 Å². The molecule has 2 aromatic carbocycles. The Hall–Kier alpha value is -6.19. The molecule has 5 rings (SSSR count). The molecule has 0 aliphatic carbocycles. The van der Waals surface area contributed by atoms with Crippen molar-refractivity contribution in [2.75, 3.05) is 6.54 Å². The molecule has 2 aromatic heterocycles. The number of aromatic amines is 2. The van der Waals surface area contributed by atoms with Crippen molar-refractivity contribution in [1.82, 2.24) is 35.8 Å². The van der Waals surface area contributed by atoms with Crippen LogP contribution in [0.3, 0.4) is 0 Å². The third kappa shape index (κ3) is 9.29. The Morgan fingerprint density at radius 2 is 1.67 bits per heavy atom.